The first-order valence-electron chi connectivity index (χ1n) is 5.12. The molecule has 0 saturated heterocycles. The van der Waals surface area contributed by atoms with Gasteiger partial charge in [0.05, 0.1) is 16.8 Å². The van der Waals surface area contributed by atoms with Gasteiger partial charge >= 0.3 is 0 Å². The fraction of sp³-hybridized carbons (Fsp3) is 1.00. The molecule has 0 bridgehead atoms. The second kappa shape index (κ2) is 7.16. The van der Waals surface area contributed by atoms with Gasteiger partial charge in [-0.05, 0) is 18.8 Å². The fourth-order valence-corrected chi connectivity index (χ4v) is 1.64. The third kappa shape index (κ3) is 10.1. The fourth-order valence-electron chi connectivity index (χ4n) is 1.16. The van der Waals surface area contributed by atoms with Crippen molar-refractivity contribution in [3.8, 4) is 0 Å². The van der Waals surface area contributed by atoms with Gasteiger partial charge in [0.25, 0.3) is 0 Å². The van der Waals surface area contributed by atoms with Crippen molar-refractivity contribution in [3.63, 3.8) is 0 Å². The molecule has 0 amide bonds. The molecule has 0 aromatic rings. The predicted octanol–water partition coefficient (Wildman–Crippen LogP) is 0.220. The average molecular weight is 238 g/mol. The van der Waals surface area contributed by atoms with Crippen molar-refractivity contribution in [2.75, 3.05) is 25.6 Å². The minimum atomic E-state index is -4.12. The van der Waals surface area contributed by atoms with Crippen LogP contribution in [-0.4, -0.2) is 48.6 Å². The highest BCUT2D eigenvalue weighted by Crippen LogP contribution is 2.02. The molecule has 6 heteroatoms. The van der Waals surface area contributed by atoms with Crippen LogP contribution in [0.5, 0.6) is 0 Å². The molecule has 1 N–H and O–H groups in total. The van der Waals surface area contributed by atoms with Gasteiger partial charge in [0, 0.05) is 18.8 Å². The number of hydrogen-bond donors (Lipinski definition) is 1. The molecule has 0 aliphatic carbocycles. The lowest BCUT2D eigenvalue weighted by Gasteiger charge is -2.20. The van der Waals surface area contributed by atoms with E-state index in [2.05, 4.69) is 13.8 Å². The van der Waals surface area contributed by atoms with Crippen molar-refractivity contribution < 1.29 is 18.1 Å². The Bertz CT molecular complexity index is 251. The van der Waals surface area contributed by atoms with Crippen molar-refractivity contribution in [3.05, 3.63) is 0 Å². The van der Waals surface area contributed by atoms with Gasteiger partial charge in [0.15, 0.2) is 0 Å². The lowest BCUT2D eigenvalue weighted by atomic mass is 10.1. The number of nitrogens with zero attached hydrogens (tertiary/aromatic N) is 1. The second-order valence-electron chi connectivity index (χ2n) is 4.06. The zero-order chi connectivity index (χ0) is 11.9. The monoisotopic (exact) mass is 238 g/mol. The first kappa shape index (κ1) is 14.8. The Morgan fingerprint density at radius 1 is 1.33 bits per heavy atom. The molecule has 0 radical (unpaired) electrons. The molecule has 0 saturated carbocycles. The summed E-state index contributed by atoms with van der Waals surface area (Å²) in [5, 5.41) is 8.97. The van der Waals surface area contributed by atoms with E-state index in [0.717, 1.165) is 13.0 Å². The first-order valence-corrected chi connectivity index (χ1v) is 6.69. The Labute approximate surface area is 91.8 Å². The maximum Gasteiger partial charge on any atom is 0.0956 e. The van der Waals surface area contributed by atoms with E-state index in [1.165, 1.54) is 0 Å². The molecule has 5 nitrogen and oxygen atoms in total. The van der Waals surface area contributed by atoms with Gasteiger partial charge in [-0.3, -0.25) is 4.90 Å². The predicted molar refractivity (Wildman–Crippen MR) is 57.3 cm³/mol. The van der Waals surface area contributed by atoms with E-state index in [9.17, 15) is 13.0 Å². The van der Waals surface area contributed by atoms with Gasteiger partial charge in [0.1, 0.15) is 0 Å². The Morgan fingerprint density at radius 3 is 2.33 bits per heavy atom. The standard InChI is InChI=1S/C9H21NO4S/c1-9(2)4-6-10(8-11)5-3-7-15(12,13)14/h9,11H,3-8H2,1-2H3,(H,12,13,14)/p-1. The molecule has 0 aliphatic heterocycles. The molecule has 0 atom stereocenters. The zero-order valence-corrected chi connectivity index (χ0v) is 10.2. The van der Waals surface area contributed by atoms with Crippen LogP contribution in [0.1, 0.15) is 26.7 Å². The molecular formula is C9H20NO4S-. The normalized spacial score (nSPS) is 12.7. The van der Waals surface area contributed by atoms with Crippen molar-refractivity contribution in [2.24, 2.45) is 5.92 Å². The van der Waals surface area contributed by atoms with Crippen molar-refractivity contribution in [1.82, 2.24) is 4.90 Å². The SMILES string of the molecule is CC(C)CCN(CO)CCCS(=O)(=O)[O-]. The minimum absolute atomic E-state index is 0.0916. The minimum Gasteiger partial charge on any atom is -0.748 e. The summed E-state index contributed by atoms with van der Waals surface area (Å²) in [6.07, 6.45) is 1.23. The third-order valence-electron chi connectivity index (χ3n) is 2.09. The summed E-state index contributed by atoms with van der Waals surface area (Å²) in [6, 6.07) is 0. The van der Waals surface area contributed by atoms with Crippen LogP contribution in [0.4, 0.5) is 0 Å². The summed E-state index contributed by atoms with van der Waals surface area (Å²) >= 11 is 0. The quantitative estimate of drug-likeness (QED) is 0.483. The van der Waals surface area contributed by atoms with Crippen molar-refractivity contribution in [2.45, 2.75) is 26.7 Å². The van der Waals surface area contributed by atoms with Crippen LogP contribution in [0.2, 0.25) is 0 Å². The number of aliphatic hydroxyl groups is 1. The van der Waals surface area contributed by atoms with E-state index in [1.807, 2.05) is 0 Å². The van der Waals surface area contributed by atoms with Crippen molar-refractivity contribution >= 4 is 10.1 Å². The van der Waals surface area contributed by atoms with Gasteiger partial charge in [-0.25, -0.2) is 8.42 Å². The maximum atomic E-state index is 10.3. The Balaban J connectivity index is 3.71. The molecular weight excluding hydrogens is 218 g/mol. The van der Waals surface area contributed by atoms with Gasteiger partial charge in [-0.15, -0.1) is 0 Å². The zero-order valence-electron chi connectivity index (χ0n) is 9.35. The van der Waals surface area contributed by atoms with Crippen LogP contribution < -0.4 is 0 Å². The van der Waals surface area contributed by atoms with E-state index in [1.54, 1.807) is 4.90 Å². The number of aliphatic hydroxyl groups excluding tert-OH is 1. The first-order chi connectivity index (χ1) is 6.85. The molecule has 0 heterocycles. The maximum absolute atomic E-state index is 10.3. The van der Waals surface area contributed by atoms with E-state index in [0.29, 0.717) is 12.5 Å². The van der Waals surface area contributed by atoms with E-state index >= 15 is 0 Å². The highest BCUT2D eigenvalue weighted by atomic mass is 32.2. The van der Waals surface area contributed by atoms with Crippen LogP contribution in [0, 0.1) is 5.92 Å². The van der Waals surface area contributed by atoms with Crippen LogP contribution in [0.25, 0.3) is 0 Å². The van der Waals surface area contributed by atoms with Crippen LogP contribution in [-0.2, 0) is 10.1 Å². The summed E-state index contributed by atoms with van der Waals surface area (Å²) in [5.74, 6) is 0.188. The topological polar surface area (TPSA) is 80.7 Å². The molecule has 15 heavy (non-hydrogen) atoms. The van der Waals surface area contributed by atoms with E-state index < -0.39 is 10.1 Å². The summed E-state index contributed by atoms with van der Waals surface area (Å²) in [5.41, 5.74) is 0. The molecule has 92 valence electrons. The molecule has 0 unspecified atom stereocenters. The van der Waals surface area contributed by atoms with E-state index in [-0.39, 0.29) is 18.9 Å². The van der Waals surface area contributed by atoms with Gasteiger partial charge in [0.2, 0.25) is 0 Å². The molecule has 0 spiro atoms. The van der Waals surface area contributed by atoms with Crippen LogP contribution >= 0.6 is 0 Å². The second-order valence-corrected chi connectivity index (χ2v) is 5.58. The summed E-state index contributed by atoms with van der Waals surface area (Å²) in [7, 11) is -4.12. The van der Waals surface area contributed by atoms with E-state index in [4.69, 9.17) is 5.11 Å². The highest BCUT2D eigenvalue weighted by molar-refractivity contribution is 7.85. The Hall–Kier alpha value is -0.170. The van der Waals surface area contributed by atoms with Gasteiger partial charge < -0.3 is 9.66 Å². The lowest BCUT2D eigenvalue weighted by molar-refractivity contribution is 0.103. The van der Waals surface area contributed by atoms with Crippen molar-refractivity contribution in [1.29, 1.82) is 0 Å². The van der Waals surface area contributed by atoms with Crippen LogP contribution in [0.3, 0.4) is 0 Å². The number of hydrogen-bond acceptors (Lipinski definition) is 5. The smallest absolute Gasteiger partial charge is 0.0956 e. The summed E-state index contributed by atoms with van der Waals surface area (Å²) in [4.78, 5) is 1.74. The third-order valence-corrected chi connectivity index (χ3v) is 2.88. The molecule has 0 aromatic heterocycles. The van der Waals surface area contributed by atoms with Gasteiger partial charge in [-0.2, -0.15) is 0 Å². The highest BCUT2D eigenvalue weighted by Gasteiger charge is 2.05. The summed E-state index contributed by atoms with van der Waals surface area (Å²) < 4.78 is 31.0. The molecule has 0 rings (SSSR count). The molecule has 0 aliphatic rings. The van der Waals surface area contributed by atoms with Gasteiger partial charge in [-0.1, -0.05) is 13.8 Å². The average Bonchev–Trinajstić information content (AvgIpc) is 2.08. The summed E-state index contributed by atoms with van der Waals surface area (Å²) in [6.45, 7) is 5.25. The Kier molecular flexibility index (Phi) is 7.08. The number of rotatable bonds is 8. The molecule has 0 fully saturated rings. The van der Waals surface area contributed by atoms with Crippen LogP contribution in [0.15, 0.2) is 0 Å². The largest absolute Gasteiger partial charge is 0.748 e. The molecule has 0 aromatic carbocycles. The Morgan fingerprint density at radius 2 is 1.93 bits per heavy atom. The lowest BCUT2D eigenvalue weighted by Crippen LogP contribution is -2.29.